The molecule has 2 amide bonds. The van der Waals surface area contributed by atoms with Crippen molar-refractivity contribution in [3.05, 3.63) is 54.1 Å². The van der Waals surface area contributed by atoms with E-state index in [1.165, 1.54) is 12.3 Å². The van der Waals surface area contributed by atoms with Crippen LogP contribution in [0.5, 0.6) is 0 Å². The first-order valence-electron chi connectivity index (χ1n) is 9.91. The van der Waals surface area contributed by atoms with Crippen molar-refractivity contribution >= 4 is 17.4 Å². The number of carbonyl (C=O) groups is 1. The van der Waals surface area contributed by atoms with Crippen LogP contribution in [0.4, 0.5) is 20.6 Å². The summed E-state index contributed by atoms with van der Waals surface area (Å²) < 4.78 is 13.1. The summed E-state index contributed by atoms with van der Waals surface area (Å²) in [6, 6.07) is 11.0. The number of rotatable bonds is 4. The fourth-order valence-corrected chi connectivity index (χ4v) is 3.91. The topological polar surface area (TPSA) is 60.5 Å². The minimum atomic E-state index is -0.334. The monoisotopic (exact) mass is 383 g/mol. The molecule has 28 heavy (non-hydrogen) atoms. The standard InChI is InChI=1S/C21H26FN5O/c22-17-5-6-18(24-14-17)15-26-11-12-27(20-4-2-1-3-19(20)26)21(28)25-13-16-7-9-23-10-8-16/h1-6,14,16,23H,7-13,15H2,(H,25,28). The number of halogens is 1. The Morgan fingerprint density at radius 1 is 1.14 bits per heavy atom. The van der Waals surface area contributed by atoms with E-state index in [1.54, 1.807) is 6.07 Å². The first-order chi connectivity index (χ1) is 13.7. The molecule has 1 aromatic heterocycles. The molecule has 2 aliphatic heterocycles. The van der Waals surface area contributed by atoms with Gasteiger partial charge < -0.3 is 15.5 Å². The average molecular weight is 383 g/mol. The number of nitrogens with one attached hydrogen (secondary N) is 2. The predicted octanol–water partition coefficient (Wildman–Crippen LogP) is 2.76. The Hall–Kier alpha value is -2.67. The van der Waals surface area contributed by atoms with Gasteiger partial charge in [0.15, 0.2) is 0 Å². The third-order valence-corrected chi connectivity index (χ3v) is 5.49. The highest BCUT2D eigenvalue weighted by Gasteiger charge is 2.27. The second kappa shape index (κ2) is 8.56. The maximum atomic E-state index is 13.1. The van der Waals surface area contributed by atoms with E-state index in [-0.39, 0.29) is 11.8 Å². The Balaban J connectivity index is 1.44. The molecule has 0 spiro atoms. The highest BCUT2D eigenvalue weighted by Crippen LogP contribution is 2.33. The summed E-state index contributed by atoms with van der Waals surface area (Å²) >= 11 is 0. The van der Waals surface area contributed by atoms with E-state index >= 15 is 0 Å². The zero-order valence-electron chi connectivity index (χ0n) is 15.9. The minimum Gasteiger partial charge on any atom is -0.362 e. The third kappa shape index (κ3) is 4.25. The van der Waals surface area contributed by atoms with Gasteiger partial charge in [-0.25, -0.2) is 9.18 Å². The molecule has 148 valence electrons. The molecule has 4 rings (SSSR count). The van der Waals surface area contributed by atoms with Crippen LogP contribution in [-0.2, 0) is 6.54 Å². The molecule has 0 saturated carbocycles. The summed E-state index contributed by atoms with van der Waals surface area (Å²) in [5.41, 5.74) is 2.70. The number of hydrogen-bond acceptors (Lipinski definition) is 4. The Kier molecular flexibility index (Phi) is 5.71. The second-order valence-corrected chi connectivity index (χ2v) is 7.41. The molecule has 2 aliphatic rings. The minimum absolute atomic E-state index is 0.0365. The van der Waals surface area contributed by atoms with Crippen LogP contribution in [0.1, 0.15) is 18.5 Å². The Labute approximate surface area is 164 Å². The van der Waals surface area contributed by atoms with Gasteiger partial charge in [-0.15, -0.1) is 0 Å². The number of nitrogens with zero attached hydrogens (tertiary/aromatic N) is 3. The number of fused-ring (bicyclic) bond motifs is 1. The van der Waals surface area contributed by atoms with E-state index in [0.717, 1.165) is 49.5 Å². The highest BCUT2D eigenvalue weighted by atomic mass is 19.1. The van der Waals surface area contributed by atoms with Gasteiger partial charge in [-0.2, -0.15) is 0 Å². The largest absolute Gasteiger partial charge is 0.362 e. The summed E-state index contributed by atoms with van der Waals surface area (Å²) in [6.07, 6.45) is 3.45. The van der Waals surface area contributed by atoms with E-state index in [9.17, 15) is 9.18 Å². The van der Waals surface area contributed by atoms with Crippen molar-refractivity contribution in [1.82, 2.24) is 15.6 Å². The molecule has 1 fully saturated rings. The van der Waals surface area contributed by atoms with Crippen LogP contribution < -0.4 is 20.4 Å². The molecule has 0 atom stereocenters. The van der Waals surface area contributed by atoms with Gasteiger partial charge in [0.1, 0.15) is 5.82 Å². The van der Waals surface area contributed by atoms with Gasteiger partial charge in [0.25, 0.3) is 0 Å². The second-order valence-electron chi connectivity index (χ2n) is 7.41. The van der Waals surface area contributed by atoms with Gasteiger partial charge in [0, 0.05) is 19.6 Å². The fraction of sp³-hybridized carbons (Fsp3) is 0.429. The van der Waals surface area contributed by atoms with E-state index in [1.807, 2.05) is 29.2 Å². The molecule has 3 heterocycles. The van der Waals surface area contributed by atoms with E-state index < -0.39 is 0 Å². The summed E-state index contributed by atoms with van der Waals surface area (Å²) in [6.45, 7) is 4.68. The molecule has 2 N–H and O–H groups in total. The summed E-state index contributed by atoms with van der Waals surface area (Å²) in [7, 11) is 0. The van der Waals surface area contributed by atoms with Gasteiger partial charge >= 0.3 is 6.03 Å². The zero-order chi connectivity index (χ0) is 19.3. The van der Waals surface area contributed by atoms with Crippen LogP contribution in [0.15, 0.2) is 42.6 Å². The molecule has 1 saturated heterocycles. The summed E-state index contributed by atoms with van der Waals surface area (Å²) in [5, 5.41) is 6.47. The smallest absolute Gasteiger partial charge is 0.322 e. The first-order valence-corrected chi connectivity index (χ1v) is 9.91. The van der Waals surface area contributed by atoms with Gasteiger partial charge in [-0.05, 0) is 56.1 Å². The number of benzene rings is 1. The molecular weight excluding hydrogens is 357 g/mol. The fourth-order valence-electron chi connectivity index (χ4n) is 3.91. The lowest BCUT2D eigenvalue weighted by molar-refractivity contribution is 0.242. The molecule has 7 heteroatoms. The molecule has 1 aromatic carbocycles. The van der Waals surface area contributed by atoms with Crippen LogP contribution in [0.25, 0.3) is 0 Å². The lowest BCUT2D eigenvalue weighted by atomic mass is 9.98. The number of hydrogen-bond donors (Lipinski definition) is 2. The van der Waals surface area contributed by atoms with Crippen LogP contribution in [0.3, 0.4) is 0 Å². The predicted molar refractivity (Wildman–Crippen MR) is 108 cm³/mol. The maximum Gasteiger partial charge on any atom is 0.322 e. The number of pyridine rings is 1. The van der Waals surface area contributed by atoms with Crippen molar-refractivity contribution < 1.29 is 9.18 Å². The van der Waals surface area contributed by atoms with Crippen LogP contribution in [-0.4, -0.2) is 43.7 Å². The number of para-hydroxylation sites is 2. The number of urea groups is 1. The maximum absolute atomic E-state index is 13.1. The van der Waals surface area contributed by atoms with Crippen molar-refractivity contribution in [2.24, 2.45) is 5.92 Å². The molecule has 0 bridgehead atoms. The lowest BCUT2D eigenvalue weighted by Crippen LogP contribution is -2.49. The van der Waals surface area contributed by atoms with E-state index in [4.69, 9.17) is 0 Å². The average Bonchev–Trinajstić information content (AvgIpc) is 2.74. The lowest BCUT2D eigenvalue weighted by Gasteiger charge is -2.37. The molecule has 0 radical (unpaired) electrons. The number of carbonyl (C=O) groups excluding carboxylic acids is 1. The van der Waals surface area contributed by atoms with Crippen molar-refractivity contribution in [2.75, 3.05) is 42.5 Å². The molecule has 2 aromatic rings. The Morgan fingerprint density at radius 2 is 1.93 bits per heavy atom. The summed E-state index contributed by atoms with van der Waals surface area (Å²) in [4.78, 5) is 21.0. The number of piperidine rings is 1. The summed E-state index contributed by atoms with van der Waals surface area (Å²) in [5.74, 6) is 0.214. The van der Waals surface area contributed by atoms with Crippen LogP contribution in [0, 0.1) is 11.7 Å². The highest BCUT2D eigenvalue weighted by molar-refractivity contribution is 5.96. The number of aromatic nitrogens is 1. The molecular formula is C21H26FN5O. The van der Waals surface area contributed by atoms with Gasteiger partial charge in [0.05, 0.1) is 29.8 Å². The van der Waals surface area contributed by atoms with Gasteiger partial charge in [-0.1, -0.05) is 12.1 Å². The normalized spacial score (nSPS) is 17.3. The van der Waals surface area contributed by atoms with E-state index in [2.05, 4.69) is 20.5 Å². The van der Waals surface area contributed by atoms with Gasteiger partial charge in [0.2, 0.25) is 0 Å². The van der Waals surface area contributed by atoms with Crippen LogP contribution in [0.2, 0.25) is 0 Å². The number of amides is 2. The SMILES string of the molecule is O=C(NCC1CCNCC1)N1CCN(Cc2ccc(F)cn2)c2ccccc21. The Morgan fingerprint density at radius 3 is 2.68 bits per heavy atom. The number of anilines is 2. The van der Waals surface area contributed by atoms with Crippen molar-refractivity contribution in [1.29, 1.82) is 0 Å². The van der Waals surface area contributed by atoms with Crippen LogP contribution >= 0.6 is 0 Å². The van der Waals surface area contributed by atoms with Crippen molar-refractivity contribution in [2.45, 2.75) is 19.4 Å². The zero-order valence-corrected chi connectivity index (χ0v) is 15.9. The first kappa shape index (κ1) is 18.7. The van der Waals surface area contributed by atoms with Gasteiger partial charge in [-0.3, -0.25) is 9.88 Å². The molecule has 6 nitrogen and oxygen atoms in total. The quantitative estimate of drug-likeness (QED) is 0.852. The Bertz CT molecular complexity index is 807. The van der Waals surface area contributed by atoms with E-state index in [0.29, 0.717) is 25.6 Å². The molecule has 0 aliphatic carbocycles. The van der Waals surface area contributed by atoms with Crippen molar-refractivity contribution in [3.8, 4) is 0 Å². The van der Waals surface area contributed by atoms with Crippen molar-refractivity contribution in [3.63, 3.8) is 0 Å². The third-order valence-electron chi connectivity index (χ3n) is 5.49. The molecule has 0 unspecified atom stereocenters.